The summed E-state index contributed by atoms with van der Waals surface area (Å²) < 4.78 is 1.12. The Morgan fingerprint density at radius 3 is 2.35 bits per heavy atom. The highest BCUT2D eigenvalue weighted by Crippen LogP contribution is 2.25. The number of nitrogens with zero attached hydrogens (tertiary/aromatic N) is 2. The molecule has 0 saturated heterocycles. The second-order valence-corrected chi connectivity index (χ2v) is 6.88. The van der Waals surface area contributed by atoms with Gasteiger partial charge in [0.05, 0.1) is 0 Å². The number of halogens is 2. The van der Waals surface area contributed by atoms with Gasteiger partial charge in [0, 0.05) is 19.8 Å². The maximum Gasteiger partial charge on any atom is 0.269 e. The van der Waals surface area contributed by atoms with E-state index in [2.05, 4.69) is 48.7 Å². The molecule has 3 aromatic rings. The number of rotatable bonds is 5. The van der Waals surface area contributed by atoms with Crippen LogP contribution in [0.1, 0.15) is 10.4 Å². The lowest BCUT2D eigenvalue weighted by atomic mass is 10.2. The molecule has 9 heteroatoms. The number of benzene rings is 2. The van der Waals surface area contributed by atoms with E-state index in [-0.39, 0.29) is 17.4 Å². The molecule has 1 aromatic heterocycles. The van der Waals surface area contributed by atoms with Crippen LogP contribution >= 0.6 is 34.2 Å². The third kappa shape index (κ3) is 4.52. The van der Waals surface area contributed by atoms with Crippen LogP contribution < -0.4 is 21.9 Å². The maximum absolute atomic E-state index is 12.1. The Bertz CT molecular complexity index is 918. The van der Waals surface area contributed by atoms with Gasteiger partial charge >= 0.3 is 0 Å². The largest absolute Gasteiger partial charge is 0.393 e. The minimum Gasteiger partial charge on any atom is -0.393 e. The highest BCUT2D eigenvalue weighted by atomic mass is 127. The number of nitrogen functional groups attached to an aromatic ring is 1. The molecule has 132 valence electrons. The number of hydrazine groups is 1. The molecule has 1 heterocycles. The van der Waals surface area contributed by atoms with E-state index in [0.717, 1.165) is 9.26 Å². The summed E-state index contributed by atoms with van der Waals surface area (Å²) in [6.07, 6.45) is 1.35. The third-order valence-corrected chi connectivity index (χ3v) is 4.36. The predicted octanol–water partition coefficient (Wildman–Crippen LogP) is 3.82. The number of nitrogens with two attached hydrogens (primary N) is 1. The molecule has 1 amide bonds. The molecule has 0 radical (unpaired) electrons. The van der Waals surface area contributed by atoms with E-state index in [1.54, 1.807) is 24.3 Å². The third-order valence-electron chi connectivity index (χ3n) is 3.39. The van der Waals surface area contributed by atoms with Gasteiger partial charge in [0.2, 0.25) is 0 Å². The SMILES string of the molecule is Nc1c(NNC(=O)c2ccc(Cl)cc2)ncnc1Nc1ccc(I)cc1. The van der Waals surface area contributed by atoms with Crippen molar-refractivity contribution in [3.8, 4) is 0 Å². The van der Waals surface area contributed by atoms with Crippen LogP contribution in [0.25, 0.3) is 0 Å². The van der Waals surface area contributed by atoms with E-state index in [9.17, 15) is 4.79 Å². The van der Waals surface area contributed by atoms with Crippen molar-refractivity contribution < 1.29 is 4.79 Å². The molecule has 5 N–H and O–H groups in total. The van der Waals surface area contributed by atoms with Crippen LogP contribution in [0.4, 0.5) is 23.0 Å². The van der Waals surface area contributed by atoms with Gasteiger partial charge in [-0.2, -0.15) is 0 Å². The zero-order chi connectivity index (χ0) is 18.5. The highest BCUT2D eigenvalue weighted by molar-refractivity contribution is 14.1. The number of amides is 1. The van der Waals surface area contributed by atoms with Crippen LogP contribution in [0, 0.1) is 3.57 Å². The van der Waals surface area contributed by atoms with Crippen molar-refractivity contribution in [2.24, 2.45) is 0 Å². The van der Waals surface area contributed by atoms with E-state index in [0.29, 0.717) is 16.4 Å². The average molecular weight is 481 g/mol. The quantitative estimate of drug-likeness (QED) is 0.327. The van der Waals surface area contributed by atoms with Crippen molar-refractivity contribution in [1.82, 2.24) is 15.4 Å². The van der Waals surface area contributed by atoms with Crippen molar-refractivity contribution in [2.75, 3.05) is 16.5 Å². The summed E-state index contributed by atoms with van der Waals surface area (Å²) in [6, 6.07) is 14.3. The summed E-state index contributed by atoms with van der Waals surface area (Å²) in [5.41, 5.74) is 12.9. The second kappa shape index (κ2) is 8.19. The van der Waals surface area contributed by atoms with Crippen molar-refractivity contribution in [3.63, 3.8) is 0 Å². The zero-order valence-corrected chi connectivity index (χ0v) is 16.2. The van der Waals surface area contributed by atoms with Crippen LogP contribution in [-0.4, -0.2) is 15.9 Å². The lowest BCUT2D eigenvalue weighted by molar-refractivity contribution is 0.0962. The van der Waals surface area contributed by atoms with Gasteiger partial charge in [-0.1, -0.05) is 11.6 Å². The zero-order valence-electron chi connectivity index (χ0n) is 13.3. The number of carbonyl (C=O) groups is 1. The van der Waals surface area contributed by atoms with Gasteiger partial charge in [0.1, 0.15) is 12.0 Å². The van der Waals surface area contributed by atoms with E-state index >= 15 is 0 Å². The average Bonchev–Trinajstić information content (AvgIpc) is 2.64. The minimum atomic E-state index is -0.341. The first-order valence-corrected chi connectivity index (χ1v) is 8.93. The molecule has 0 aliphatic carbocycles. The molecule has 7 nitrogen and oxygen atoms in total. The Labute approximate surface area is 168 Å². The lowest BCUT2D eigenvalue weighted by Gasteiger charge is -2.13. The molecule has 0 spiro atoms. The second-order valence-electron chi connectivity index (χ2n) is 5.20. The smallest absolute Gasteiger partial charge is 0.269 e. The van der Waals surface area contributed by atoms with Crippen LogP contribution in [0.2, 0.25) is 5.02 Å². The molecule has 0 aliphatic rings. The first kappa shape index (κ1) is 18.2. The first-order chi connectivity index (χ1) is 12.5. The normalized spacial score (nSPS) is 10.2. The molecular weight excluding hydrogens is 467 g/mol. The summed E-state index contributed by atoms with van der Waals surface area (Å²) in [5.74, 6) is 0.381. The predicted molar refractivity (Wildman–Crippen MR) is 111 cm³/mol. The van der Waals surface area contributed by atoms with Crippen molar-refractivity contribution in [3.05, 3.63) is 69.0 Å². The molecule has 0 fully saturated rings. The van der Waals surface area contributed by atoms with E-state index < -0.39 is 0 Å². The molecule has 0 atom stereocenters. The monoisotopic (exact) mass is 480 g/mol. The first-order valence-electron chi connectivity index (χ1n) is 7.48. The fourth-order valence-electron chi connectivity index (χ4n) is 2.05. The topological polar surface area (TPSA) is 105 Å². The fraction of sp³-hybridized carbons (Fsp3) is 0. The Balaban J connectivity index is 1.69. The van der Waals surface area contributed by atoms with Crippen LogP contribution in [0.15, 0.2) is 54.9 Å². The van der Waals surface area contributed by atoms with Crippen LogP contribution in [-0.2, 0) is 0 Å². The van der Waals surface area contributed by atoms with Crippen LogP contribution in [0.3, 0.4) is 0 Å². The summed E-state index contributed by atoms with van der Waals surface area (Å²) in [5, 5.41) is 3.67. The van der Waals surface area contributed by atoms with Gasteiger partial charge in [0.25, 0.3) is 5.91 Å². The highest BCUT2D eigenvalue weighted by Gasteiger charge is 2.10. The Hall–Kier alpha value is -2.59. The number of nitrogens with one attached hydrogen (secondary N) is 3. The van der Waals surface area contributed by atoms with Gasteiger partial charge in [-0.3, -0.25) is 15.6 Å². The standard InChI is InChI=1S/C17H14ClIN6O/c18-11-3-1-10(2-4-11)17(26)25-24-16-14(20)15(21-9-22-16)23-13-7-5-12(19)6-8-13/h1-9H,20H2,(H,25,26)(H2,21,22,23,24). The summed E-state index contributed by atoms with van der Waals surface area (Å²) in [6.45, 7) is 0. The number of anilines is 4. The Morgan fingerprint density at radius 1 is 1.00 bits per heavy atom. The van der Waals surface area contributed by atoms with E-state index in [1.165, 1.54) is 6.33 Å². The summed E-state index contributed by atoms with van der Waals surface area (Å²) in [4.78, 5) is 20.3. The Kier molecular flexibility index (Phi) is 5.74. The van der Waals surface area contributed by atoms with Gasteiger partial charge in [0.15, 0.2) is 11.6 Å². The van der Waals surface area contributed by atoms with Gasteiger partial charge in [-0.05, 0) is 71.1 Å². The minimum absolute atomic E-state index is 0.280. The number of hydrogen-bond donors (Lipinski definition) is 4. The fourth-order valence-corrected chi connectivity index (χ4v) is 2.54. The molecular formula is C17H14ClIN6O. The van der Waals surface area contributed by atoms with E-state index in [1.807, 2.05) is 24.3 Å². The van der Waals surface area contributed by atoms with Gasteiger partial charge in [-0.25, -0.2) is 9.97 Å². The van der Waals surface area contributed by atoms with Gasteiger partial charge in [-0.15, -0.1) is 0 Å². The number of hydrogen-bond acceptors (Lipinski definition) is 6. The molecule has 0 saturated carbocycles. The number of aromatic nitrogens is 2. The summed E-state index contributed by atoms with van der Waals surface area (Å²) >= 11 is 8.04. The summed E-state index contributed by atoms with van der Waals surface area (Å²) in [7, 11) is 0. The molecule has 0 unspecified atom stereocenters. The lowest BCUT2D eigenvalue weighted by Crippen LogP contribution is -2.30. The number of carbonyl (C=O) groups excluding carboxylic acids is 1. The van der Waals surface area contributed by atoms with Gasteiger partial charge < -0.3 is 11.1 Å². The molecule has 0 aliphatic heterocycles. The van der Waals surface area contributed by atoms with Crippen molar-refractivity contribution in [1.29, 1.82) is 0 Å². The van der Waals surface area contributed by atoms with Crippen molar-refractivity contribution >= 4 is 63.1 Å². The Morgan fingerprint density at radius 2 is 1.65 bits per heavy atom. The maximum atomic E-state index is 12.1. The van der Waals surface area contributed by atoms with Crippen molar-refractivity contribution in [2.45, 2.75) is 0 Å². The molecule has 0 bridgehead atoms. The van der Waals surface area contributed by atoms with E-state index in [4.69, 9.17) is 17.3 Å². The van der Waals surface area contributed by atoms with Crippen LogP contribution in [0.5, 0.6) is 0 Å². The molecule has 3 rings (SSSR count). The molecule has 26 heavy (non-hydrogen) atoms. The molecule has 2 aromatic carbocycles.